The van der Waals surface area contributed by atoms with Crippen molar-refractivity contribution in [2.24, 2.45) is 5.41 Å². The fraction of sp³-hybridized carbons (Fsp3) is 0.533. The van der Waals surface area contributed by atoms with Crippen molar-refractivity contribution in [3.8, 4) is 0 Å². The van der Waals surface area contributed by atoms with E-state index in [0.717, 1.165) is 18.7 Å². The van der Waals surface area contributed by atoms with Crippen LogP contribution in [0.4, 0.5) is 0 Å². The molecule has 1 aromatic rings. The molecule has 17 heavy (non-hydrogen) atoms. The Bertz CT molecular complexity index is 413. The van der Waals surface area contributed by atoms with E-state index in [1.165, 1.54) is 5.56 Å². The average Bonchev–Trinajstić information content (AvgIpc) is 2.26. The Kier molecular flexibility index (Phi) is 3.09. The summed E-state index contributed by atoms with van der Waals surface area (Å²) >= 11 is 0. The van der Waals surface area contributed by atoms with Crippen LogP contribution in [0.3, 0.4) is 0 Å². The van der Waals surface area contributed by atoms with E-state index in [1.54, 1.807) is 0 Å². The summed E-state index contributed by atoms with van der Waals surface area (Å²) in [7, 11) is 2.05. The van der Waals surface area contributed by atoms with Crippen molar-refractivity contribution < 1.29 is 4.79 Å². The number of likely N-dealkylation sites (tertiary alicyclic amines) is 1. The van der Waals surface area contributed by atoms with E-state index in [4.69, 9.17) is 0 Å². The van der Waals surface area contributed by atoms with Crippen LogP contribution >= 0.6 is 0 Å². The zero-order valence-corrected chi connectivity index (χ0v) is 11.2. The van der Waals surface area contributed by atoms with Gasteiger partial charge < -0.3 is 4.90 Å². The molecule has 0 saturated carbocycles. The Balaban J connectivity index is 2.15. The molecular weight excluding hydrogens is 210 g/mol. The summed E-state index contributed by atoms with van der Waals surface area (Å²) in [5, 5.41) is 0. The molecule has 1 aliphatic rings. The molecule has 0 spiro atoms. The van der Waals surface area contributed by atoms with Crippen molar-refractivity contribution in [3.63, 3.8) is 0 Å². The Morgan fingerprint density at radius 1 is 1.24 bits per heavy atom. The van der Waals surface area contributed by atoms with E-state index >= 15 is 0 Å². The van der Waals surface area contributed by atoms with E-state index in [2.05, 4.69) is 44.9 Å². The van der Waals surface area contributed by atoms with Crippen LogP contribution in [-0.2, 0) is 0 Å². The van der Waals surface area contributed by atoms with Crippen molar-refractivity contribution in [1.29, 1.82) is 0 Å². The number of nitrogens with zero attached hydrogens (tertiary/aromatic N) is 1. The molecule has 1 saturated heterocycles. The van der Waals surface area contributed by atoms with Crippen LogP contribution in [0.25, 0.3) is 0 Å². The first-order chi connectivity index (χ1) is 7.92. The molecule has 0 bridgehead atoms. The number of benzene rings is 1. The number of rotatable bonds is 3. The first kappa shape index (κ1) is 12.3. The summed E-state index contributed by atoms with van der Waals surface area (Å²) in [5.74, 6) is 0.801. The Hall–Kier alpha value is -1.15. The monoisotopic (exact) mass is 231 g/mol. The highest BCUT2D eigenvalue weighted by Crippen LogP contribution is 2.32. The van der Waals surface area contributed by atoms with Gasteiger partial charge in [0, 0.05) is 18.7 Å². The summed E-state index contributed by atoms with van der Waals surface area (Å²) in [5.41, 5.74) is 1.97. The van der Waals surface area contributed by atoms with Gasteiger partial charge in [-0.1, -0.05) is 38.1 Å². The standard InChI is InChI=1S/C15H21NO/c1-11(2)12-5-7-13(8-6-12)14(17)15(3)9-16(4)10-15/h5-8,11H,9-10H2,1-4H3. The molecule has 0 radical (unpaired) electrons. The normalized spacial score (nSPS) is 19.1. The number of ketones is 1. The van der Waals surface area contributed by atoms with Crippen LogP contribution in [0.15, 0.2) is 24.3 Å². The van der Waals surface area contributed by atoms with Gasteiger partial charge in [-0.05, 0) is 25.5 Å². The molecule has 0 atom stereocenters. The van der Waals surface area contributed by atoms with Crippen molar-refractivity contribution in [3.05, 3.63) is 35.4 Å². The number of carbonyl (C=O) groups is 1. The maximum atomic E-state index is 12.3. The number of hydrogen-bond acceptors (Lipinski definition) is 2. The van der Waals surface area contributed by atoms with E-state index in [-0.39, 0.29) is 11.2 Å². The lowest BCUT2D eigenvalue weighted by molar-refractivity contribution is 0.0322. The molecule has 92 valence electrons. The first-order valence-corrected chi connectivity index (χ1v) is 6.26. The van der Waals surface area contributed by atoms with Gasteiger partial charge in [0.1, 0.15) is 0 Å². The number of Topliss-reactive ketones (excluding diaryl/α,β-unsaturated/α-hetero) is 1. The van der Waals surface area contributed by atoms with Crippen molar-refractivity contribution in [2.75, 3.05) is 20.1 Å². The second-order valence-corrected chi connectivity index (χ2v) is 5.84. The van der Waals surface area contributed by atoms with E-state index in [1.807, 2.05) is 12.1 Å². The van der Waals surface area contributed by atoms with Gasteiger partial charge in [-0.2, -0.15) is 0 Å². The molecule has 1 heterocycles. The third-order valence-corrected chi connectivity index (χ3v) is 3.63. The summed E-state index contributed by atoms with van der Waals surface area (Å²) in [4.78, 5) is 14.5. The molecule has 0 N–H and O–H groups in total. The molecule has 0 aliphatic carbocycles. The predicted octanol–water partition coefficient (Wildman–Crippen LogP) is 2.94. The molecule has 1 aliphatic heterocycles. The smallest absolute Gasteiger partial charge is 0.171 e. The third kappa shape index (κ3) is 2.27. The minimum Gasteiger partial charge on any atom is -0.304 e. The lowest BCUT2D eigenvalue weighted by atomic mass is 9.76. The van der Waals surface area contributed by atoms with Crippen molar-refractivity contribution >= 4 is 5.78 Å². The van der Waals surface area contributed by atoms with Gasteiger partial charge in [0.05, 0.1) is 5.41 Å². The van der Waals surface area contributed by atoms with E-state index in [9.17, 15) is 4.79 Å². The summed E-state index contributed by atoms with van der Waals surface area (Å²) in [6.07, 6.45) is 0. The summed E-state index contributed by atoms with van der Waals surface area (Å²) in [6, 6.07) is 8.09. The minimum absolute atomic E-state index is 0.173. The maximum Gasteiger partial charge on any atom is 0.171 e. The molecule has 2 rings (SSSR count). The van der Waals surface area contributed by atoms with Gasteiger partial charge in [0.25, 0.3) is 0 Å². The lowest BCUT2D eigenvalue weighted by Gasteiger charge is -2.44. The topological polar surface area (TPSA) is 20.3 Å². The van der Waals surface area contributed by atoms with Gasteiger partial charge in [0.15, 0.2) is 5.78 Å². The molecule has 1 fully saturated rings. The second-order valence-electron chi connectivity index (χ2n) is 5.84. The molecular formula is C15H21NO. The first-order valence-electron chi connectivity index (χ1n) is 6.26. The number of hydrogen-bond donors (Lipinski definition) is 0. The lowest BCUT2D eigenvalue weighted by Crippen LogP contribution is -2.56. The SMILES string of the molecule is CC(C)c1ccc(C(=O)C2(C)CN(C)C2)cc1. The van der Waals surface area contributed by atoms with Crippen molar-refractivity contribution in [2.45, 2.75) is 26.7 Å². The van der Waals surface area contributed by atoms with Gasteiger partial charge in [-0.25, -0.2) is 0 Å². The Labute approximate surface area is 104 Å². The zero-order valence-electron chi connectivity index (χ0n) is 11.2. The zero-order chi connectivity index (χ0) is 12.6. The van der Waals surface area contributed by atoms with Crippen LogP contribution in [-0.4, -0.2) is 30.8 Å². The van der Waals surface area contributed by atoms with E-state index < -0.39 is 0 Å². The maximum absolute atomic E-state index is 12.3. The van der Waals surface area contributed by atoms with E-state index in [0.29, 0.717) is 5.92 Å². The van der Waals surface area contributed by atoms with Crippen molar-refractivity contribution in [1.82, 2.24) is 4.90 Å². The Morgan fingerprint density at radius 2 is 1.76 bits per heavy atom. The fourth-order valence-corrected chi connectivity index (χ4v) is 2.66. The Morgan fingerprint density at radius 3 is 2.18 bits per heavy atom. The highest BCUT2D eigenvalue weighted by Gasteiger charge is 2.43. The van der Waals surface area contributed by atoms with Crippen LogP contribution < -0.4 is 0 Å². The molecule has 0 unspecified atom stereocenters. The molecule has 0 amide bonds. The largest absolute Gasteiger partial charge is 0.304 e. The molecule has 2 heteroatoms. The van der Waals surface area contributed by atoms with Gasteiger partial charge in [-0.15, -0.1) is 0 Å². The van der Waals surface area contributed by atoms with Gasteiger partial charge in [-0.3, -0.25) is 4.79 Å². The summed E-state index contributed by atoms with van der Waals surface area (Å²) in [6.45, 7) is 8.14. The highest BCUT2D eigenvalue weighted by molar-refractivity contribution is 6.01. The van der Waals surface area contributed by atoms with Crippen LogP contribution in [0, 0.1) is 5.41 Å². The number of carbonyl (C=O) groups excluding carboxylic acids is 1. The van der Waals surface area contributed by atoms with Crippen LogP contribution in [0.1, 0.15) is 42.6 Å². The average molecular weight is 231 g/mol. The fourth-order valence-electron chi connectivity index (χ4n) is 2.66. The predicted molar refractivity (Wildman–Crippen MR) is 70.5 cm³/mol. The molecule has 0 aromatic heterocycles. The van der Waals surface area contributed by atoms with Gasteiger partial charge in [0.2, 0.25) is 0 Å². The third-order valence-electron chi connectivity index (χ3n) is 3.63. The highest BCUT2D eigenvalue weighted by atomic mass is 16.1. The van der Waals surface area contributed by atoms with Gasteiger partial charge >= 0.3 is 0 Å². The minimum atomic E-state index is -0.173. The summed E-state index contributed by atoms with van der Waals surface area (Å²) < 4.78 is 0. The molecule has 1 aromatic carbocycles. The van der Waals surface area contributed by atoms with Crippen LogP contribution in [0.5, 0.6) is 0 Å². The quantitative estimate of drug-likeness (QED) is 0.745. The molecule has 2 nitrogen and oxygen atoms in total. The second kappa shape index (κ2) is 4.26. The van der Waals surface area contributed by atoms with Crippen LogP contribution in [0.2, 0.25) is 0 Å².